The van der Waals surface area contributed by atoms with Gasteiger partial charge in [0.05, 0.1) is 17.4 Å². The van der Waals surface area contributed by atoms with Gasteiger partial charge in [0.15, 0.2) is 5.60 Å². The number of ether oxygens (including phenoxy) is 2. The van der Waals surface area contributed by atoms with Gasteiger partial charge in [-0.3, -0.25) is 4.79 Å². The third-order valence-electron chi connectivity index (χ3n) is 5.69. The summed E-state index contributed by atoms with van der Waals surface area (Å²) in [5.74, 6) is -0.116. The van der Waals surface area contributed by atoms with Gasteiger partial charge in [0.2, 0.25) is 5.91 Å². The number of esters is 1. The molecule has 0 bridgehead atoms. The molecular formula is C27H30F3NO4S. The lowest BCUT2D eigenvalue weighted by Gasteiger charge is -2.24. The predicted molar refractivity (Wildman–Crippen MR) is 134 cm³/mol. The largest absolute Gasteiger partial charge is 0.476 e. The Labute approximate surface area is 213 Å². The van der Waals surface area contributed by atoms with E-state index in [2.05, 4.69) is 5.32 Å². The van der Waals surface area contributed by atoms with Crippen LogP contribution in [0.15, 0.2) is 54.6 Å². The highest BCUT2D eigenvalue weighted by atomic mass is 32.2. The zero-order valence-electron chi connectivity index (χ0n) is 20.9. The molecule has 1 heterocycles. The maximum atomic E-state index is 13.0. The Kier molecular flexibility index (Phi) is 8.13. The van der Waals surface area contributed by atoms with Crippen molar-refractivity contribution >= 4 is 28.5 Å². The topological polar surface area (TPSA) is 64.6 Å². The van der Waals surface area contributed by atoms with Gasteiger partial charge in [-0.2, -0.15) is 13.2 Å². The van der Waals surface area contributed by atoms with E-state index in [0.717, 1.165) is 22.6 Å². The van der Waals surface area contributed by atoms with Gasteiger partial charge < -0.3 is 14.8 Å². The lowest BCUT2D eigenvalue weighted by atomic mass is 9.87. The van der Waals surface area contributed by atoms with E-state index in [1.807, 2.05) is 19.9 Å². The summed E-state index contributed by atoms with van der Waals surface area (Å²) in [5, 5.41) is 2.52. The van der Waals surface area contributed by atoms with Crippen LogP contribution in [0.2, 0.25) is 0 Å². The van der Waals surface area contributed by atoms with Crippen molar-refractivity contribution < 1.29 is 32.2 Å². The predicted octanol–water partition coefficient (Wildman–Crippen LogP) is 6.22. The number of nitrogens with one attached hydrogen (secondary N) is 1. The van der Waals surface area contributed by atoms with Crippen LogP contribution in [0.5, 0.6) is 5.75 Å². The Hall–Kier alpha value is -2.94. The summed E-state index contributed by atoms with van der Waals surface area (Å²) >= 11 is 1.35. The van der Waals surface area contributed by atoms with Gasteiger partial charge in [-0.15, -0.1) is 11.8 Å². The van der Waals surface area contributed by atoms with Crippen molar-refractivity contribution in [2.75, 3.05) is 6.61 Å². The number of alkyl halides is 3. The van der Waals surface area contributed by atoms with Crippen molar-refractivity contribution in [3.05, 3.63) is 71.3 Å². The summed E-state index contributed by atoms with van der Waals surface area (Å²) in [4.78, 5) is 25.8. The van der Waals surface area contributed by atoms with Gasteiger partial charge in [-0.1, -0.05) is 44.2 Å². The molecule has 2 aromatic rings. The minimum atomic E-state index is -4.39. The van der Waals surface area contributed by atoms with E-state index in [-0.39, 0.29) is 12.5 Å². The van der Waals surface area contributed by atoms with E-state index in [1.165, 1.54) is 23.9 Å². The summed E-state index contributed by atoms with van der Waals surface area (Å²) in [6.45, 7) is 9.41. The van der Waals surface area contributed by atoms with Crippen LogP contribution in [0.3, 0.4) is 0 Å². The molecule has 1 amide bonds. The van der Waals surface area contributed by atoms with Crippen molar-refractivity contribution in [1.82, 2.24) is 5.32 Å². The van der Waals surface area contributed by atoms with Gasteiger partial charge in [0, 0.05) is 16.9 Å². The molecule has 0 saturated carbocycles. The van der Waals surface area contributed by atoms with E-state index < -0.39 is 34.0 Å². The lowest BCUT2D eigenvalue weighted by molar-refractivity contribution is -0.158. The highest BCUT2D eigenvalue weighted by Gasteiger charge is 2.40. The molecule has 2 aromatic carbocycles. The molecule has 1 aliphatic heterocycles. The first-order chi connectivity index (χ1) is 16.7. The molecule has 0 saturated heterocycles. The number of carbonyl (C=O) groups is 2. The van der Waals surface area contributed by atoms with Crippen molar-refractivity contribution in [2.45, 2.75) is 58.2 Å². The molecule has 9 heteroatoms. The Morgan fingerprint density at radius 3 is 2.19 bits per heavy atom. The van der Waals surface area contributed by atoms with Crippen molar-refractivity contribution in [1.29, 1.82) is 0 Å². The van der Waals surface area contributed by atoms with Crippen LogP contribution in [-0.4, -0.2) is 29.3 Å². The number of hydrogen-bond acceptors (Lipinski definition) is 5. The summed E-state index contributed by atoms with van der Waals surface area (Å²) in [5.41, 5.74) is -0.818. The summed E-state index contributed by atoms with van der Waals surface area (Å²) in [6.07, 6.45) is -2.46. The van der Waals surface area contributed by atoms with Gasteiger partial charge in [0.25, 0.3) is 0 Å². The fourth-order valence-corrected chi connectivity index (χ4v) is 5.15. The molecule has 1 N–H and O–H groups in total. The SMILES string of the molecule is CCOC(=O)C(C)(C)Oc1ccc(CNC(=O)C2SC(c3ccc(C(F)(F)F)cc3)=CC2(C)C)cc1. The van der Waals surface area contributed by atoms with E-state index in [4.69, 9.17) is 9.47 Å². The van der Waals surface area contributed by atoms with Crippen LogP contribution < -0.4 is 10.1 Å². The van der Waals surface area contributed by atoms with Crippen LogP contribution in [0.4, 0.5) is 13.2 Å². The fourth-order valence-electron chi connectivity index (χ4n) is 3.69. The second-order valence-electron chi connectivity index (χ2n) is 9.60. The minimum Gasteiger partial charge on any atom is -0.476 e. The van der Waals surface area contributed by atoms with E-state index in [0.29, 0.717) is 17.9 Å². The number of benzene rings is 2. The van der Waals surface area contributed by atoms with Gasteiger partial charge in [-0.25, -0.2) is 4.79 Å². The highest BCUT2D eigenvalue weighted by molar-refractivity contribution is 8.09. The van der Waals surface area contributed by atoms with Crippen LogP contribution in [-0.2, 0) is 27.0 Å². The summed E-state index contributed by atoms with van der Waals surface area (Å²) in [6, 6.07) is 12.0. The van der Waals surface area contributed by atoms with Crippen molar-refractivity contribution in [3.8, 4) is 5.75 Å². The molecule has 194 valence electrons. The number of amides is 1. The normalized spacial score (nSPS) is 17.3. The van der Waals surface area contributed by atoms with Crippen LogP contribution in [0.25, 0.3) is 4.91 Å². The first kappa shape index (κ1) is 27.6. The smallest absolute Gasteiger partial charge is 0.416 e. The molecule has 3 rings (SSSR count). The molecule has 0 radical (unpaired) electrons. The quantitative estimate of drug-likeness (QED) is 0.418. The fraction of sp³-hybridized carbons (Fsp3) is 0.407. The maximum absolute atomic E-state index is 13.0. The second kappa shape index (κ2) is 10.6. The van der Waals surface area contributed by atoms with Crippen LogP contribution in [0, 0.1) is 5.41 Å². The Bertz CT molecular complexity index is 1120. The average molecular weight is 522 g/mol. The molecule has 0 fully saturated rings. The van der Waals surface area contributed by atoms with E-state index >= 15 is 0 Å². The molecule has 5 nitrogen and oxygen atoms in total. The number of thioether (sulfide) groups is 1. The molecule has 0 spiro atoms. The van der Waals surface area contributed by atoms with E-state index in [1.54, 1.807) is 45.0 Å². The zero-order valence-corrected chi connectivity index (χ0v) is 21.7. The summed E-state index contributed by atoms with van der Waals surface area (Å²) < 4.78 is 49.4. The Balaban J connectivity index is 1.59. The first-order valence-electron chi connectivity index (χ1n) is 11.5. The summed E-state index contributed by atoms with van der Waals surface area (Å²) in [7, 11) is 0. The Morgan fingerprint density at radius 2 is 1.64 bits per heavy atom. The number of carbonyl (C=O) groups excluding carboxylic acids is 2. The average Bonchev–Trinajstić information content (AvgIpc) is 3.13. The minimum absolute atomic E-state index is 0.160. The monoisotopic (exact) mass is 521 g/mol. The standard InChI is InChI=1S/C27H30F3NO4S/c1-6-34-24(33)26(4,5)35-20-13-7-17(8-14-20)16-31-23(32)22-25(2,3)15-21(36-22)18-9-11-19(12-10-18)27(28,29)30/h7-15,22H,6,16H2,1-5H3,(H,31,32). The third-order valence-corrected chi connectivity index (χ3v) is 7.35. The number of hydrogen-bond donors (Lipinski definition) is 1. The van der Waals surface area contributed by atoms with E-state index in [9.17, 15) is 22.8 Å². The first-order valence-corrected chi connectivity index (χ1v) is 12.4. The second-order valence-corrected chi connectivity index (χ2v) is 10.7. The molecule has 0 aliphatic carbocycles. The van der Waals surface area contributed by atoms with Crippen molar-refractivity contribution in [3.63, 3.8) is 0 Å². The third kappa shape index (κ3) is 6.63. The van der Waals surface area contributed by atoms with Crippen LogP contribution >= 0.6 is 11.8 Å². The maximum Gasteiger partial charge on any atom is 0.416 e. The molecular weight excluding hydrogens is 491 g/mol. The number of allylic oxidation sites excluding steroid dienone is 1. The molecule has 0 aromatic heterocycles. The van der Waals surface area contributed by atoms with Crippen LogP contribution in [0.1, 0.15) is 51.3 Å². The Morgan fingerprint density at radius 1 is 1.03 bits per heavy atom. The molecule has 36 heavy (non-hydrogen) atoms. The van der Waals surface area contributed by atoms with Gasteiger partial charge in [0.1, 0.15) is 5.75 Å². The molecule has 1 unspecified atom stereocenters. The number of rotatable bonds is 8. The van der Waals surface area contributed by atoms with Crippen molar-refractivity contribution in [2.24, 2.45) is 5.41 Å². The van der Waals surface area contributed by atoms with Gasteiger partial charge in [-0.05, 0) is 56.2 Å². The molecule has 1 atom stereocenters. The van der Waals surface area contributed by atoms with Gasteiger partial charge >= 0.3 is 12.1 Å². The zero-order chi connectivity index (χ0) is 26.7. The lowest BCUT2D eigenvalue weighted by Crippen LogP contribution is -2.39. The highest BCUT2D eigenvalue weighted by Crippen LogP contribution is 2.49. The molecule has 1 aliphatic rings. The number of halogens is 3.